The lowest BCUT2D eigenvalue weighted by Crippen LogP contribution is -2.40. The number of rotatable bonds is 7. The zero-order valence-electron chi connectivity index (χ0n) is 25.2. The van der Waals surface area contributed by atoms with Crippen LogP contribution in [-0.4, -0.2) is 37.2 Å². The van der Waals surface area contributed by atoms with Crippen LogP contribution in [0.2, 0.25) is 0 Å². The average molecular weight is 617 g/mol. The van der Waals surface area contributed by atoms with Gasteiger partial charge in [0.2, 0.25) is 0 Å². The number of amides is 1. The van der Waals surface area contributed by atoms with Gasteiger partial charge in [-0.2, -0.15) is 5.26 Å². The van der Waals surface area contributed by atoms with E-state index < -0.39 is 5.91 Å². The number of nitrogens with zero attached hydrogens (tertiary/aromatic N) is 6. The summed E-state index contributed by atoms with van der Waals surface area (Å²) in [6.45, 7) is 9.87. The zero-order valence-corrected chi connectivity index (χ0v) is 26.8. The smallest absolute Gasteiger partial charge is 0.296 e. The van der Waals surface area contributed by atoms with E-state index in [9.17, 15) is 19.6 Å². The van der Waals surface area contributed by atoms with Gasteiger partial charge in [0, 0.05) is 32.2 Å². The van der Waals surface area contributed by atoms with Gasteiger partial charge >= 0.3 is 0 Å². The van der Waals surface area contributed by atoms with Crippen LogP contribution in [0.4, 0.5) is 11.5 Å². The Labute approximate surface area is 261 Å². The predicted molar refractivity (Wildman–Crippen MR) is 177 cm³/mol. The molecule has 2 fully saturated rings. The van der Waals surface area contributed by atoms with Crippen LogP contribution in [0, 0.1) is 31.1 Å². The van der Waals surface area contributed by atoms with Crippen LogP contribution >= 0.6 is 24.0 Å². The minimum absolute atomic E-state index is 0.0799. The Hall–Kier alpha value is -3.88. The lowest BCUT2D eigenvalue weighted by molar-refractivity contribution is -0.113. The maximum atomic E-state index is 14.1. The first-order valence-electron chi connectivity index (χ1n) is 14.6. The summed E-state index contributed by atoms with van der Waals surface area (Å²) in [7, 11) is 1.78. The van der Waals surface area contributed by atoms with Crippen molar-refractivity contribution in [3.63, 3.8) is 0 Å². The van der Waals surface area contributed by atoms with Gasteiger partial charge in [-0.1, -0.05) is 62.4 Å². The molecule has 0 saturated carbocycles. The molecule has 0 N–H and O–H groups in total. The predicted octanol–water partition coefficient (Wildman–Crippen LogP) is 5.27. The topological polar surface area (TPSA) is 96.3 Å². The number of aromatic nitrogens is 3. The van der Waals surface area contributed by atoms with Crippen molar-refractivity contribution in [2.24, 2.45) is 13.0 Å². The van der Waals surface area contributed by atoms with E-state index in [0.717, 1.165) is 56.4 Å². The number of unbranched alkanes of at least 4 members (excludes halogenated alkanes) is 1. The van der Waals surface area contributed by atoms with Crippen molar-refractivity contribution >= 4 is 51.8 Å². The van der Waals surface area contributed by atoms with E-state index in [4.69, 9.17) is 12.2 Å². The van der Waals surface area contributed by atoms with Crippen LogP contribution in [-0.2, 0) is 18.4 Å². The fraction of sp³-hybridized carbons (Fsp3) is 0.406. The third-order valence-corrected chi connectivity index (χ3v) is 9.66. The lowest BCUT2D eigenvalue weighted by Gasteiger charge is -2.36. The molecule has 3 aromatic rings. The Morgan fingerprint density at radius 3 is 2.51 bits per heavy atom. The standard InChI is InChI=1S/C32H36N6O3S2/c1-6-7-16-36-28(35-15-11-12-20(2)19-35)24(21(3)25(18-33)29(36)39)17-26-30(40)37(32(42)43-26)27-22(4)34(5)38(31(27)41)23-13-9-8-10-14-23/h8-10,13-14,17,20H,6-7,11-12,15-16,19H2,1-5H3. The Balaban J connectivity index is 1.67. The number of benzene rings is 1. The molecule has 5 rings (SSSR count). The Morgan fingerprint density at radius 1 is 1.14 bits per heavy atom. The minimum atomic E-state index is -0.400. The molecular weight excluding hydrogens is 581 g/mol. The van der Waals surface area contributed by atoms with Gasteiger partial charge in [0.25, 0.3) is 17.0 Å². The molecule has 11 heteroatoms. The molecule has 0 bridgehead atoms. The summed E-state index contributed by atoms with van der Waals surface area (Å²) in [5.41, 5.74) is 2.15. The Morgan fingerprint density at radius 2 is 1.86 bits per heavy atom. The van der Waals surface area contributed by atoms with Gasteiger partial charge in [0.15, 0.2) is 4.32 Å². The quantitative estimate of drug-likeness (QED) is 0.264. The van der Waals surface area contributed by atoms with E-state index in [0.29, 0.717) is 39.9 Å². The average Bonchev–Trinajstić information content (AvgIpc) is 3.38. The Bertz CT molecular complexity index is 1790. The normalized spacial score (nSPS) is 18.1. The van der Waals surface area contributed by atoms with Gasteiger partial charge in [-0.15, -0.1) is 0 Å². The number of piperidine rings is 1. The summed E-state index contributed by atoms with van der Waals surface area (Å²) >= 11 is 6.82. The number of nitriles is 1. The van der Waals surface area contributed by atoms with Crippen molar-refractivity contribution < 1.29 is 4.79 Å². The third-order valence-electron chi connectivity index (χ3n) is 8.35. The second-order valence-corrected chi connectivity index (χ2v) is 13.0. The Kier molecular flexibility index (Phi) is 8.81. The van der Waals surface area contributed by atoms with Crippen molar-refractivity contribution in [2.45, 2.75) is 59.9 Å². The number of hydrogen-bond acceptors (Lipinski definition) is 7. The molecule has 224 valence electrons. The molecule has 9 nitrogen and oxygen atoms in total. The van der Waals surface area contributed by atoms with Gasteiger partial charge in [0.05, 0.1) is 16.3 Å². The number of thioether (sulfide) groups is 1. The largest absolute Gasteiger partial charge is 0.357 e. The molecule has 0 spiro atoms. The van der Waals surface area contributed by atoms with Crippen LogP contribution in [0.1, 0.15) is 61.9 Å². The molecule has 2 aromatic heterocycles. The summed E-state index contributed by atoms with van der Waals surface area (Å²) in [4.78, 5) is 45.3. The van der Waals surface area contributed by atoms with E-state index >= 15 is 0 Å². The van der Waals surface area contributed by atoms with Crippen molar-refractivity contribution in [1.29, 1.82) is 5.26 Å². The molecule has 1 unspecified atom stereocenters. The first kappa shape index (κ1) is 30.6. The zero-order chi connectivity index (χ0) is 31.0. The van der Waals surface area contributed by atoms with E-state index in [1.807, 2.05) is 30.3 Å². The first-order chi connectivity index (χ1) is 20.6. The number of carbonyl (C=O) groups is 1. The second kappa shape index (κ2) is 12.4. The van der Waals surface area contributed by atoms with Crippen LogP contribution in [0.5, 0.6) is 0 Å². The van der Waals surface area contributed by atoms with Gasteiger partial charge < -0.3 is 4.90 Å². The summed E-state index contributed by atoms with van der Waals surface area (Å²) < 4.78 is 5.22. The summed E-state index contributed by atoms with van der Waals surface area (Å²) in [6, 6.07) is 11.4. The molecule has 1 amide bonds. The molecule has 4 heterocycles. The molecule has 1 atom stereocenters. The fourth-order valence-electron chi connectivity index (χ4n) is 5.99. The van der Waals surface area contributed by atoms with Gasteiger partial charge in [0.1, 0.15) is 23.1 Å². The number of hydrogen-bond donors (Lipinski definition) is 0. The highest BCUT2D eigenvalue weighted by atomic mass is 32.2. The van der Waals surface area contributed by atoms with E-state index in [-0.39, 0.29) is 26.7 Å². The molecule has 43 heavy (non-hydrogen) atoms. The van der Waals surface area contributed by atoms with E-state index in [1.165, 1.54) is 9.58 Å². The molecular formula is C32H36N6O3S2. The van der Waals surface area contributed by atoms with Crippen molar-refractivity contribution in [3.8, 4) is 11.8 Å². The van der Waals surface area contributed by atoms with Gasteiger partial charge in [-0.3, -0.25) is 28.5 Å². The SMILES string of the molecule is CCCCn1c(N2CCCC(C)C2)c(C=C2SC(=S)N(c3c(C)n(C)n(-c4ccccc4)c3=O)C2=O)c(C)c(C#N)c1=O. The molecule has 2 aliphatic rings. The highest BCUT2D eigenvalue weighted by Gasteiger charge is 2.38. The van der Waals surface area contributed by atoms with Gasteiger partial charge in [-0.05, 0) is 62.8 Å². The number of pyridine rings is 1. The van der Waals surface area contributed by atoms with Crippen LogP contribution in [0.15, 0.2) is 44.8 Å². The highest BCUT2D eigenvalue weighted by molar-refractivity contribution is 8.27. The van der Waals surface area contributed by atoms with Crippen LogP contribution in [0.3, 0.4) is 0 Å². The van der Waals surface area contributed by atoms with E-state index in [2.05, 4.69) is 24.8 Å². The van der Waals surface area contributed by atoms with Crippen LogP contribution in [0.25, 0.3) is 11.8 Å². The van der Waals surface area contributed by atoms with Crippen LogP contribution < -0.4 is 20.9 Å². The molecule has 1 aromatic carbocycles. The number of thiocarbonyl (C=S) groups is 1. The number of anilines is 2. The molecule has 2 aliphatic heterocycles. The first-order valence-corrected chi connectivity index (χ1v) is 15.9. The monoisotopic (exact) mass is 616 g/mol. The summed E-state index contributed by atoms with van der Waals surface area (Å²) in [5.74, 6) is 0.788. The van der Waals surface area contributed by atoms with Crippen molar-refractivity contribution in [1.82, 2.24) is 13.9 Å². The van der Waals surface area contributed by atoms with E-state index in [1.54, 1.807) is 36.2 Å². The minimum Gasteiger partial charge on any atom is -0.357 e. The maximum absolute atomic E-state index is 14.1. The third kappa shape index (κ3) is 5.38. The summed E-state index contributed by atoms with van der Waals surface area (Å²) in [5, 5.41) is 10.0. The lowest BCUT2D eigenvalue weighted by atomic mass is 9.98. The number of carbonyl (C=O) groups excluding carboxylic acids is 1. The highest BCUT2D eigenvalue weighted by Crippen LogP contribution is 2.39. The summed E-state index contributed by atoms with van der Waals surface area (Å²) in [6.07, 6.45) is 5.54. The molecule has 2 saturated heterocycles. The maximum Gasteiger partial charge on any atom is 0.296 e. The van der Waals surface area contributed by atoms with Gasteiger partial charge in [-0.25, -0.2) is 4.68 Å². The van der Waals surface area contributed by atoms with Crippen molar-refractivity contribution in [3.05, 3.63) is 78.3 Å². The number of para-hydroxylation sites is 1. The fourth-order valence-corrected chi connectivity index (χ4v) is 7.25. The molecule has 0 radical (unpaired) electrons. The van der Waals surface area contributed by atoms with Crippen molar-refractivity contribution in [2.75, 3.05) is 22.9 Å². The molecule has 0 aliphatic carbocycles. The second-order valence-electron chi connectivity index (χ2n) is 11.3.